The predicted octanol–water partition coefficient (Wildman–Crippen LogP) is 4.97. The maximum atomic E-state index is 12.7. The first kappa shape index (κ1) is 17.8. The lowest BCUT2D eigenvalue weighted by Gasteiger charge is -2.20. The Labute approximate surface area is 125 Å². The van der Waals surface area contributed by atoms with Gasteiger partial charge < -0.3 is 5.32 Å². The van der Waals surface area contributed by atoms with Crippen LogP contribution in [0.5, 0.6) is 0 Å². The van der Waals surface area contributed by atoms with E-state index in [2.05, 4.69) is 18.8 Å². The van der Waals surface area contributed by atoms with Crippen molar-refractivity contribution < 1.29 is 13.2 Å². The Bertz CT molecular complexity index is 452. The van der Waals surface area contributed by atoms with Crippen LogP contribution in [0.2, 0.25) is 0 Å². The summed E-state index contributed by atoms with van der Waals surface area (Å²) in [5.74, 6) is 0. The van der Waals surface area contributed by atoms with Gasteiger partial charge in [-0.05, 0) is 43.9 Å². The van der Waals surface area contributed by atoms with Gasteiger partial charge >= 0.3 is 6.18 Å². The third-order valence-electron chi connectivity index (χ3n) is 3.45. The highest BCUT2D eigenvalue weighted by atomic mass is 19.4. The van der Waals surface area contributed by atoms with E-state index in [1.54, 1.807) is 6.07 Å². The quantitative estimate of drug-likeness (QED) is 0.668. The highest BCUT2D eigenvalue weighted by molar-refractivity contribution is 5.26. The zero-order valence-corrected chi connectivity index (χ0v) is 12.8. The van der Waals surface area contributed by atoms with E-state index < -0.39 is 11.7 Å². The van der Waals surface area contributed by atoms with Gasteiger partial charge in [0.1, 0.15) is 0 Å². The number of alkyl halides is 3. The van der Waals surface area contributed by atoms with Crippen molar-refractivity contribution in [3.05, 3.63) is 47.5 Å². The van der Waals surface area contributed by atoms with E-state index in [4.69, 9.17) is 0 Å². The normalized spacial score (nSPS) is 13.2. The number of nitrogens with one attached hydrogen (secondary N) is 1. The maximum Gasteiger partial charge on any atom is 0.416 e. The third-order valence-corrected chi connectivity index (χ3v) is 3.45. The molecule has 1 rings (SSSR count). The number of halogens is 3. The highest BCUT2D eigenvalue weighted by Gasteiger charge is 2.30. The average molecular weight is 299 g/mol. The van der Waals surface area contributed by atoms with Crippen molar-refractivity contribution in [3.63, 3.8) is 0 Å². The number of hydrogen-bond donors (Lipinski definition) is 1. The van der Waals surface area contributed by atoms with Gasteiger partial charge in [0.2, 0.25) is 0 Å². The SMILES string of the molecule is C=C(CC)CC(Cc1cccc(C(F)(F)F)c1)NCCC. The molecule has 0 spiro atoms. The fourth-order valence-electron chi connectivity index (χ4n) is 2.22. The Balaban J connectivity index is 2.79. The van der Waals surface area contributed by atoms with E-state index in [9.17, 15) is 13.2 Å². The first-order valence-corrected chi connectivity index (χ1v) is 7.43. The van der Waals surface area contributed by atoms with Gasteiger partial charge in [-0.1, -0.05) is 44.2 Å². The van der Waals surface area contributed by atoms with Crippen LogP contribution in [0.4, 0.5) is 13.2 Å². The molecule has 0 heterocycles. The molecule has 1 aromatic rings. The summed E-state index contributed by atoms with van der Waals surface area (Å²) in [7, 11) is 0. The largest absolute Gasteiger partial charge is 0.416 e. The number of hydrogen-bond acceptors (Lipinski definition) is 1. The maximum absolute atomic E-state index is 12.7. The minimum atomic E-state index is -4.28. The Hall–Kier alpha value is -1.29. The number of benzene rings is 1. The van der Waals surface area contributed by atoms with Crippen molar-refractivity contribution in [1.29, 1.82) is 0 Å². The van der Waals surface area contributed by atoms with Crippen LogP contribution in [-0.2, 0) is 12.6 Å². The Morgan fingerprint density at radius 3 is 2.57 bits per heavy atom. The summed E-state index contributed by atoms with van der Waals surface area (Å²) in [6, 6.07) is 5.73. The standard InChI is InChI=1S/C17H24F3N/c1-4-9-21-16(10-13(3)5-2)12-14-7-6-8-15(11-14)17(18,19)20/h6-8,11,16,21H,3-5,9-10,12H2,1-2H3. The Kier molecular flexibility index (Phi) is 6.96. The monoisotopic (exact) mass is 299 g/mol. The second-order valence-corrected chi connectivity index (χ2v) is 5.36. The van der Waals surface area contributed by atoms with Crippen LogP contribution in [0.25, 0.3) is 0 Å². The molecule has 0 saturated heterocycles. The summed E-state index contributed by atoms with van der Waals surface area (Å²) in [4.78, 5) is 0. The van der Waals surface area contributed by atoms with Crippen LogP contribution in [-0.4, -0.2) is 12.6 Å². The van der Waals surface area contributed by atoms with E-state index in [0.29, 0.717) is 12.0 Å². The topological polar surface area (TPSA) is 12.0 Å². The van der Waals surface area contributed by atoms with Crippen molar-refractivity contribution >= 4 is 0 Å². The van der Waals surface area contributed by atoms with Crippen LogP contribution in [0.15, 0.2) is 36.4 Å². The van der Waals surface area contributed by atoms with Crippen LogP contribution in [0, 0.1) is 0 Å². The smallest absolute Gasteiger partial charge is 0.313 e. The van der Waals surface area contributed by atoms with Crippen molar-refractivity contribution in [2.45, 2.75) is 51.7 Å². The van der Waals surface area contributed by atoms with Crippen LogP contribution in [0.1, 0.15) is 44.2 Å². The molecular formula is C17H24F3N. The molecule has 0 aromatic heterocycles. The molecule has 118 valence electrons. The summed E-state index contributed by atoms with van der Waals surface area (Å²) >= 11 is 0. The second-order valence-electron chi connectivity index (χ2n) is 5.36. The van der Waals surface area contributed by atoms with Gasteiger partial charge in [-0.2, -0.15) is 13.2 Å². The zero-order chi connectivity index (χ0) is 15.9. The van der Waals surface area contributed by atoms with E-state index in [1.165, 1.54) is 12.1 Å². The van der Waals surface area contributed by atoms with Gasteiger partial charge in [0, 0.05) is 6.04 Å². The van der Waals surface area contributed by atoms with Crippen LogP contribution >= 0.6 is 0 Å². The molecule has 0 amide bonds. The average Bonchev–Trinajstić information content (AvgIpc) is 2.44. The summed E-state index contributed by atoms with van der Waals surface area (Å²) < 4.78 is 38.2. The van der Waals surface area contributed by atoms with Crippen molar-refractivity contribution in [3.8, 4) is 0 Å². The minimum Gasteiger partial charge on any atom is -0.313 e. The lowest BCUT2D eigenvalue weighted by molar-refractivity contribution is -0.137. The molecule has 21 heavy (non-hydrogen) atoms. The number of rotatable bonds is 8. The third kappa shape index (κ3) is 6.34. The lowest BCUT2D eigenvalue weighted by atomic mass is 9.97. The summed E-state index contributed by atoms with van der Waals surface area (Å²) in [6.07, 6.45) is -1.00. The fraction of sp³-hybridized carbons (Fsp3) is 0.529. The molecule has 0 fully saturated rings. The van der Waals surface area contributed by atoms with Gasteiger partial charge in [-0.15, -0.1) is 0 Å². The molecule has 0 aliphatic heterocycles. The molecule has 0 radical (unpaired) electrons. The van der Waals surface area contributed by atoms with Gasteiger partial charge in [0.25, 0.3) is 0 Å². The second kappa shape index (κ2) is 8.23. The summed E-state index contributed by atoms with van der Waals surface area (Å²) in [5.41, 5.74) is 1.25. The van der Waals surface area contributed by atoms with Crippen LogP contribution in [0.3, 0.4) is 0 Å². The molecule has 1 N–H and O–H groups in total. The predicted molar refractivity (Wildman–Crippen MR) is 81.3 cm³/mol. The molecule has 0 bridgehead atoms. The first-order chi connectivity index (χ1) is 9.86. The fourth-order valence-corrected chi connectivity index (χ4v) is 2.22. The van der Waals surface area contributed by atoms with Crippen molar-refractivity contribution in [2.24, 2.45) is 0 Å². The van der Waals surface area contributed by atoms with E-state index in [1.807, 2.05) is 6.92 Å². The zero-order valence-electron chi connectivity index (χ0n) is 12.8. The van der Waals surface area contributed by atoms with Gasteiger partial charge in [0.15, 0.2) is 0 Å². The molecule has 1 aromatic carbocycles. The summed E-state index contributed by atoms with van der Waals surface area (Å²) in [5, 5.41) is 3.40. The lowest BCUT2D eigenvalue weighted by Crippen LogP contribution is -2.32. The van der Waals surface area contributed by atoms with E-state index in [0.717, 1.165) is 37.4 Å². The molecular weight excluding hydrogens is 275 g/mol. The minimum absolute atomic E-state index is 0.140. The van der Waals surface area contributed by atoms with Crippen LogP contribution < -0.4 is 5.32 Å². The van der Waals surface area contributed by atoms with Gasteiger partial charge in [-0.3, -0.25) is 0 Å². The molecule has 1 unspecified atom stereocenters. The Morgan fingerprint density at radius 2 is 2.00 bits per heavy atom. The molecule has 1 atom stereocenters. The van der Waals surface area contributed by atoms with Gasteiger partial charge in [-0.25, -0.2) is 0 Å². The van der Waals surface area contributed by atoms with E-state index >= 15 is 0 Å². The summed E-state index contributed by atoms with van der Waals surface area (Å²) in [6.45, 7) is 8.98. The molecule has 0 saturated carbocycles. The molecule has 1 nitrogen and oxygen atoms in total. The van der Waals surface area contributed by atoms with Gasteiger partial charge in [0.05, 0.1) is 5.56 Å². The molecule has 0 aliphatic carbocycles. The highest BCUT2D eigenvalue weighted by Crippen LogP contribution is 2.29. The first-order valence-electron chi connectivity index (χ1n) is 7.43. The Morgan fingerprint density at radius 1 is 1.29 bits per heavy atom. The van der Waals surface area contributed by atoms with Crippen molar-refractivity contribution in [1.82, 2.24) is 5.32 Å². The molecule has 4 heteroatoms. The van der Waals surface area contributed by atoms with E-state index in [-0.39, 0.29) is 6.04 Å². The molecule has 0 aliphatic rings. The van der Waals surface area contributed by atoms with Crippen molar-refractivity contribution in [2.75, 3.05) is 6.54 Å².